The van der Waals surface area contributed by atoms with Gasteiger partial charge in [-0.2, -0.15) is 5.10 Å². The van der Waals surface area contributed by atoms with Gasteiger partial charge in [0.1, 0.15) is 5.75 Å². The van der Waals surface area contributed by atoms with Crippen LogP contribution in [0.2, 0.25) is 5.02 Å². The van der Waals surface area contributed by atoms with Gasteiger partial charge in [0.15, 0.2) is 0 Å². The molecule has 26 heavy (non-hydrogen) atoms. The topological polar surface area (TPSA) is 104 Å². The standard InChI is InChI=1S/C18H14ClN3O4/c1-22-16(11-4-2-3-5-15(11)23)13(9-20-22)17(24)21-10-6-7-14(19)12(8-10)18(25)26/h2-9,23H,1H3,(H,21,24)(H,25,26). The Morgan fingerprint density at radius 2 is 1.88 bits per heavy atom. The van der Waals surface area contributed by atoms with E-state index in [2.05, 4.69) is 10.4 Å². The van der Waals surface area contributed by atoms with Gasteiger partial charge in [-0.05, 0) is 30.3 Å². The van der Waals surface area contributed by atoms with Gasteiger partial charge in [-0.1, -0.05) is 23.7 Å². The minimum atomic E-state index is -1.19. The van der Waals surface area contributed by atoms with Crippen LogP contribution < -0.4 is 5.32 Å². The fourth-order valence-electron chi connectivity index (χ4n) is 2.56. The van der Waals surface area contributed by atoms with Crippen LogP contribution in [0.15, 0.2) is 48.7 Å². The summed E-state index contributed by atoms with van der Waals surface area (Å²) in [5, 5.41) is 26.0. The highest BCUT2D eigenvalue weighted by atomic mass is 35.5. The number of nitrogens with zero attached hydrogens (tertiary/aromatic N) is 2. The van der Waals surface area contributed by atoms with Crippen LogP contribution in [0.5, 0.6) is 5.75 Å². The van der Waals surface area contributed by atoms with Gasteiger partial charge in [-0.3, -0.25) is 9.48 Å². The van der Waals surface area contributed by atoms with Crippen LogP contribution in [0, 0.1) is 0 Å². The molecule has 0 aliphatic rings. The Balaban J connectivity index is 1.97. The van der Waals surface area contributed by atoms with Crippen LogP contribution in [-0.4, -0.2) is 31.9 Å². The van der Waals surface area contributed by atoms with Crippen molar-refractivity contribution in [2.75, 3.05) is 5.32 Å². The number of phenols is 1. The van der Waals surface area contributed by atoms with E-state index in [1.165, 1.54) is 35.1 Å². The fourth-order valence-corrected chi connectivity index (χ4v) is 2.76. The Bertz CT molecular complexity index is 1010. The Kier molecular flexibility index (Phi) is 4.64. The largest absolute Gasteiger partial charge is 0.507 e. The third-order valence-electron chi connectivity index (χ3n) is 3.80. The maximum absolute atomic E-state index is 12.7. The van der Waals surface area contributed by atoms with E-state index in [0.717, 1.165) is 0 Å². The number of carboxylic acids is 1. The molecule has 0 fully saturated rings. The van der Waals surface area contributed by atoms with Crippen molar-refractivity contribution in [1.82, 2.24) is 9.78 Å². The predicted octanol–water partition coefficient (Wildman–Crippen LogP) is 3.40. The first-order valence-corrected chi connectivity index (χ1v) is 7.91. The number of aromatic carboxylic acids is 1. The fraction of sp³-hybridized carbons (Fsp3) is 0.0556. The van der Waals surface area contributed by atoms with Crippen LogP contribution in [0.3, 0.4) is 0 Å². The molecule has 1 heterocycles. The van der Waals surface area contributed by atoms with E-state index < -0.39 is 11.9 Å². The number of nitrogens with one attached hydrogen (secondary N) is 1. The van der Waals surface area contributed by atoms with Crippen molar-refractivity contribution in [2.45, 2.75) is 0 Å². The lowest BCUT2D eigenvalue weighted by molar-refractivity contribution is 0.0696. The second-order valence-electron chi connectivity index (χ2n) is 5.50. The summed E-state index contributed by atoms with van der Waals surface area (Å²) in [5.41, 5.74) is 1.30. The van der Waals surface area contributed by atoms with Gasteiger partial charge < -0.3 is 15.5 Å². The van der Waals surface area contributed by atoms with E-state index in [9.17, 15) is 14.7 Å². The molecule has 8 heteroatoms. The highest BCUT2D eigenvalue weighted by molar-refractivity contribution is 6.33. The van der Waals surface area contributed by atoms with Gasteiger partial charge >= 0.3 is 5.97 Å². The van der Waals surface area contributed by atoms with Crippen molar-refractivity contribution in [3.63, 3.8) is 0 Å². The highest BCUT2D eigenvalue weighted by Crippen LogP contribution is 2.31. The molecule has 1 amide bonds. The molecule has 3 rings (SSSR count). The summed E-state index contributed by atoms with van der Waals surface area (Å²) in [6, 6.07) is 10.8. The zero-order valence-electron chi connectivity index (χ0n) is 13.6. The van der Waals surface area contributed by atoms with Gasteiger partial charge in [0, 0.05) is 18.3 Å². The van der Waals surface area contributed by atoms with Crippen molar-refractivity contribution in [3.8, 4) is 17.0 Å². The summed E-state index contributed by atoms with van der Waals surface area (Å²) in [6.07, 6.45) is 1.38. The summed E-state index contributed by atoms with van der Waals surface area (Å²) < 4.78 is 1.48. The van der Waals surface area contributed by atoms with E-state index in [4.69, 9.17) is 16.7 Å². The molecule has 132 valence electrons. The number of rotatable bonds is 4. The zero-order valence-corrected chi connectivity index (χ0v) is 14.4. The molecule has 0 radical (unpaired) electrons. The predicted molar refractivity (Wildman–Crippen MR) is 96.7 cm³/mol. The summed E-state index contributed by atoms with van der Waals surface area (Å²) in [4.78, 5) is 23.8. The molecule has 3 N–H and O–H groups in total. The van der Waals surface area contributed by atoms with E-state index in [0.29, 0.717) is 11.3 Å². The molecule has 0 spiro atoms. The van der Waals surface area contributed by atoms with E-state index >= 15 is 0 Å². The van der Waals surface area contributed by atoms with Crippen LogP contribution >= 0.6 is 11.6 Å². The van der Waals surface area contributed by atoms with Gasteiger partial charge in [-0.15, -0.1) is 0 Å². The minimum absolute atomic E-state index is 0.0183. The Hall–Kier alpha value is -3.32. The smallest absolute Gasteiger partial charge is 0.337 e. The number of carboxylic acid groups (broad SMARTS) is 1. The summed E-state index contributed by atoms with van der Waals surface area (Å²) >= 11 is 5.84. The maximum atomic E-state index is 12.7. The van der Waals surface area contributed by atoms with Crippen molar-refractivity contribution in [2.24, 2.45) is 7.05 Å². The molecule has 0 saturated carbocycles. The lowest BCUT2D eigenvalue weighted by atomic mass is 10.1. The molecule has 3 aromatic rings. The summed E-state index contributed by atoms with van der Waals surface area (Å²) in [7, 11) is 1.66. The van der Waals surface area contributed by atoms with E-state index in [1.54, 1.807) is 25.2 Å². The number of carbonyl (C=O) groups excluding carboxylic acids is 1. The highest BCUT2D eigenvalue weighted by Gasteiger charge is 2.20. The number of phenolic OH excluding ortho intramolecular Hbond substituents is 1. The first-order valence-electron chi connectivity index (χ1n) is 7.53. The molecule has 7 nitrogen and oxygen atoms in total. The normalized spacial score (nSPS) is 10.5. The Morgan fingerprint density at radius 3 is 2.58 bits per heavy atom. The van der Waals surface area contributed by atoms with Gasteiger partial charge in [0.25, 0.3) is 5.91 Å². The SMILES string of the molecule is Cn1ncc(C(=O)Nc2ccc(Cl)c(C(=O)O)c2)c1-c1ccccc1O. The molecular formula is C18H14ClN3O4. The number of halogens is 1. The van der Waals surface area contributed by atoms with Crippen molar-refractivity contribution >= 4 is 29.2 Å². The van der Waals surface area contributed by atoms with Crippen LogP contribution in [0.25, 0.3) is 11.3 Å². The third kappa shape index (κ3) is 3.25. The summed E-state index contributed by atoms with van der Waals surface area (Å²) in [5.74, 6) is -1.66. The molecule has 0 atom stereocenters. The van der Waals surface area contributed by atoms with Crippen molar-refractivity contribution in [1.29, 1.82) is 0 Å². The van der Waals surface area contributed by atoms with E-state index in [1.807, 2.05) is 0 Å². The second kappa shape index (κ2) is 6.89. The number of hydrogen-bond donors (Lipinski definition) is 3. The Morgan fingerprint density at radius 1 is 1.15 bits per heavy atom. The number of benzene rings is 2. The molecule has 0 bridgehead atoms. The maximum Gasteiger partial charge on any atom is 0.337 e. The Labute approximate surface area is 153 Å². The van der Waals surface area contributed by atoms with Gasteiger partial charge in [-0.25, -0.2) is 4.79 Å². The molecule has 0 aliphatic carbocycles. The van der Waals surface area contributed by atoms with Crippen molar-refractivity contribution in [3.05, 3.63) is 64.8 Å². The summed E-state index contributed by atoms with van der Waals surface area (Å²) in [6.45, 7) is 0. The third-order valence-corrected chi connectivity index (χ3v) is 4.13. The number of hydrogen-bond acceptors (Lipinski definition) is 4. The number of aromatic hydroxyl groups is 1. The first-order chi connectivity index (χ1) is 12.4. The zero-order chi connectivity index (χ0) is 18.8. The van der Waals surface area contributed by atoms with Crippen molar-refractivity contribution < 1.29 is 19.8 Å². The molecular weight excluding hydrogens is 358 g/mol. The second-order valence-corrected chi connectivity index (χ2v) is 5.91. The minimum Gasteiger partial charge on any atom is -0.507 e. The van der Waals surface area contributed by atoms with Gasteiger partial charge in [0.2, 0.25) is 0 Å². The van der Waals surface area contributed by atoms with Crippen LogP contribution in [0.4, 0.5) is 5.69 Å². The van der Waals surface area contributed by atoms with Gasteiger partial charge in [0.05, 0.1) is 28.0 Å². The molecule has 2 aromatic carbocycles. The first kappa shape index (κ1) is 17.5. The number of amides is 1. The lowest BCUT2D eigenvalue weighted by Crippen LogP contribution is -2.13. The average Bonchev–Trinajstić information content (AvgIpc) is 2.98. The number of aryl methyl sites for hydroxylation is 1. The molecule has 0 aliphatic heterocycles. The van der Waals surface area contributed by atoms with Crippen LogP contribution in [0.1, 0.15) is 20.7 Å². The monoisotopic (exact) mass is 371 g/mol. The molecule has 0 unspecified atom stereocenters. The average molecular weight is 372 g/mol. The number of aromatic nitrogens is 2. The molecule has 1 aromatic heterocycles. The quantitative estimate of drug-likeness (QED) is 0.652. The number of carbonyl (C=O) groups is 2. The molecule has 0 saturated heterocycles. The number of para-hydroxylation sites is 1. The lowest BCUT2D eigenvalue weighted by Gasteiger charge is -2.10. The number of anilines is 1. The van der Waals surface area contributed by atoms with Crippen LogP contribution in [-0.2, 0) is 7.05 Å². The van der Waals surface area contributed by atoms with E-state index in [-0.39, 0.29) is 27.6 Å².